The Morgan fingerprint density at radius 3 is 2.20 bits per heavy atom. The van der Waals surface area contributed by atoms with E-state index in [1.165, 1.54) is 14.2 Å². The summed E-state index contributed by atoms with van der Waals surface area (Å²) in [5, 5.41) is 9.29. The van der Waals surface area contributed by atoms with E-state index < -0.39 is 30.9 Å². The van der Waals surface area contributed by atoms with E-state index in [4.69, 9.17) is 4.74 Å². The predicted molar refractivity (Wildman–Crippen MR) is 46.8 cm³/mol. The number of hydrogen-bond acceptors (Lipinski definition) is 7. The number of carbonyl (C=O) groups is 2. The average Bonchev–Trinajstić information content (AvgIpc) is 2.27. The van der Waals surface area contributed by atoms with Gasteiger partial charge in [0.25, 0.3) is 0 Å². The highest BCUT2D eigenvalue weighted by molar-refractivity contribution is 5.75. The zero-order valence-electron chi connectivity index (χ0n) is 8.76. The Kier molecular flexibility index (Phi) is 6.59. The van der Waals surface area contributed by atoms with Crippen LogP contribution in [0, 0.1) is 0 Å². The molecule has 0 aromatic heterocycles. The SMILES string of the molecule is COC(=O)CO[C@@H](OC)[C@H](O)C(=O)OC. The molecular formula is C8H14O7. The van der Waals surface area contributed by atoms with Crippen LogP contribution in [0.25, 0.3) is 0 Å². The van der Waals surface area contributed by atoms with Crippen LogP contribution in [0.3, 0.4) is 0 Å². The van der Waals surface area contributed by atoms with Gasteiger partial charge >= 0.3 is 11.9 Å². The third-order valence-electron chi connectivity index (χ3n) is 1.53. The third kappa shape index (κ3) is 4.73. The van der Waals surface area contributed by atoms with Gasteiger partial charge in [0.1, 0.15) is 6.61 Å². The van der Waals surface area contributed by atoms with Gasteiger partial charge in [0.15, 0.2) is 6.29 Å². The molecule has 0 aromatic rings. The number of methoxy groups -OCH3 is 3. The predicted octanol–water partition coefficient (Wildman–Crippen LogP) is -1.32. The minimum absolute atomic E-state index is 0.428. The highest BCUT2D eigenvalue weighted by Gasteiger charge is 2.28. The molecular weight excluding hydrogens is 208 g/mol. The first-order valence-corrected chi connectivity index (χ1v) is 4.04. The molecule has 0 amide bonds. The molecule has 0 saturated heterocycles. The molecule has 0 heterocycles. The van der Waals surface area contributed by atoms with Crippen LogP contribution in [0.5, 0.6) is 0 Å². The van der Waals surface area contributed by atoms with Crippen molar-refractivity contribution in [3.8, 4) is 0 Å². The Bertz CT molecular complexity index is 215. The largest absolute Gasteiger partial charge is 0.467 e. The van der Waals surface area contributed by atoms with Gasteiger partial charge in [-0.2, -0.15) is 0 Å². The molecule has 7 nitrogen and oxygen atoms in total. The van der Waals surface area contributed by atoms with Crippen molar-refractivity contribution in [3.63, 3.8) is 0 Å². The van der Waals surface area contributed by atoms with Crippen LogP contribution in [0.15, 0.2) is 0 Å². The second-order valence-electron chi connectivity index (χ2n) is 2.46. The summed E-state index contributed by atoms with van der Waals surface area (Å²) in [5.74, 6) is -1.55. The van der Waals surface area contributed by atoms with Gasteiger partial charge in [-0.25, -0.2) is 9.59 Å². The van der Waals surface area contributed by atoms with E-state index in [9.17, 15) is 14.7 Å². The molecule has 7 heteroatoms. The molecule has 0 aliphatic heterocycles. The Morgan fingerprint density at radius 1 is 1.20 bits per heavy atom. The molecule has 0 spiro atoms. The van der Waals surface area contributed by atoms with E-state index in [1.807, 2.05) is 0 Å². The van der Waals surface area contributed by atoms with E-state index in [-0.39, 0.29) is 0 Å². The van der Waals surface area contributed by atoms with Gasteiger partial charge in [0.2, 0.25) is 6.10 Å². The maximum Gasteiger partial charge on any atom is 0.340 e. The Morgan fingerprint density at radius 2 is 1.80 bits per heavy atom. The van der Waals surface area contributed by atoms with Crippen molar-refractivity contribution in [3.05, 3.63) is 0 Å². The minimum atomic E-state index is -1.61. The summed E-state index contributed by atoms with van der Waals surface area (Å²) in [4.78, 5) is 21.6. The molecule has 0 rings (SSSR count). The lowest BCUT2D eigenvalue weighted by Crippen LogP contribution is -2.39. The summed E-state index contributed by atoms with van der Waals surface area (Å²) in [6, 6.07) is 0. The molecule has 2 atom stereocenters. The average molecular weight is 222 g/mol. The molecule has 15 heavy (non-hydrogen) atoms. The zero-order valence-corrected chi connectivity index (χ0v) is 8.76. The summed E-state index contributed by atoms with van der Waals surface area (Å²) in [6.45, 7) is -0.428. The van der Waals surface area contributed by atoms with Crippen LogP contribution in [0.2, 0.25) is 0 Å². The molecule has 0 unspecified atom stereocenters. The standard InChI is InChI=1S/C8H14O7/c1-12-5(9)4-15-8(14-3)6(10)7(11)13-2/h6,8,10H,4H2,1-3H3/t6-,8-/m1/s1. The molecule has 0 aliphatic carbocycles. The van der Waals surface area contributed by atoms with Gasteiger partial charge in [-0.1, -0.05) is 0 Å². The van der Waals surface area contributed by atoms with Crippen LogP contribution >= 0.6 is 0 Å². The van der Waals surface area contributed by atoms with E-state index in [2.05, 4.69) is 14.2 Å². The molecule has 88 valence electrons. The second kappa shape index (κ2) is 7.16. The number of hydrogen-bond donors (Lipinski definition) is 1. The topological polar surface area (TPSA) is 91.3 Å². The number of esters is 2. The van der Waals surface area contributed by atoms with Gasteiger partial charge in [0.05, 0.1) is 14.2 Å². The number of aliphatic hydroxyl groups excluding tert-OH is 1. The molecule has 0 aromatic carbocycles. The van der Waals surface area contributed by atoms with Crippen molar-refractivity contribution in [1.82, 2.24) is 0 Å². The monoisotopic (exact) mass is 222 g/mol. The highest BCUT2D eigenvalue weighted by Crippen LogP contribution is 2.02. The third-order valence-corrected chi connectivity index (χ3v) is 1.53. The molecule has 0 radical (unpaired) electrons. The van der Waals surface area contributed by atoms with Crippen molar-refractivity contribution >= 4 is 11.9 Å². The minimum Gasteiger partial charge on any atom is -0.467 e. The zero-order chi connectivity index (χ0) is 11.8. The van der Waals surface area contributed by atoms with Gasteiger partial charge in [-0.05, 0) is 0 Å². The smallest absolute Gasteiger partial charge is 0.340 e. The van der Waals surface area contributed by atoms with Gasteiger partial charge in [-0.3, -0.25) is 0 Å². The van der Waals surface area contributed by atoms with E-state index >= 15 is 0 Å². The van der Waals surface area contributed by atoms with Gasteiger partial charge in [-0.15, -0.1) is 0 Å². The highest BCUT2D eigenvalue weighted by atomic mass is 16.7. The lowest BCUT2D eigenvalue weighted by Gasteiger charge is -2.19. The quantitative estimate of drug-likeness (QED) is 0.440. The lowest BCUT2D eigenvalue weighted by molar-refractivity contribution is -0.203. The van der Waals surface area contributed by atoms with Crippen LogP contribution in [0.4, 0.5) is 0 Å². The Hall–Kier alpha value is -1.18. The summed E-state index contributed by atoms with van der Waals surface area (Å²) in [6.07, 6.45) is -2.87. The molecule has 1 N–H and O–H groups in total. The molecule has 0 fully saturated rings. The van der Waals surface area contributed by atoms with Crippen LogP contribution in [0.1, 0.15) is 0 Å². The summed E-state index contributed by atoms with van der Waals surface area (Å²) in [7, 11) is 3.51. The van der Waals surface area contributed by atoms with E-state index in [1.54, 1.807) is 0 Å². The van der Waals surface area contributed by atoms with Crippen LogP contribution < -0.4 is 0 Å². The lowest BCUT2D eigenvalue weighted by atomic mass is 10.3. The number of carbonyl (C=O) groups excluding carboxylic acids is 2. The number of ether oxygens (including phenoxy) is 4. The van der Waals surface area contributed by atoms with Crippen LogP contribution in [-0.2, 0) is 28.5 Å². The maximum atomic E-state index is 10.9. The summed E-state index contributed by atoms with van der Waals surface area (Å²) < 4.78 is 18.0. The van der Waals surface area contributed by atoms with E-state index in [0.717, 1.165) is 7.11 Å². The van der Waals surface area contributed by atoms with Crippen molar-refractivity contribution in [1.29, 1.82) is 0 Å². The van der Waals surface area contributed by atoms with Crippen molar-refractivity contribution < 1.29 is 33.6 Å². The second-order valence-corrected chi connectivity index (χ2v) is 2.46. The fraction of sp³-hybridized carbons (Fsp3) is 0.750. The Balaban J connectivity index is 4.12. The van der Waals surface area contributed by atoms with Gasteiger partial charge < -0.3 is 24.1 Å². The first kappa shape index (κ1) is 13.8. The maximum absolute atomic E-state index is 10.9. The van der Waals surface area contributed by atoms with E-state index in [0.29, 0.717) is 0 Å². The fourth-order valence-electron chi connectivity index (χ4n) is 0.729. The molecule has 0 bridgehead atoms. The van der Waals surface area contributed by atoms with Crippen molar-refractivity contribution in [2.75, 3.05) is 27.9 Å². The Labute approximate surface area is 86.9 Å². The number of aliphatic hydroxyl groups is 1. The summed E-state index contributed by atoms with van der Waals surface area (Å²) in [5.41, 5.74) is 0. The number of rotatable bonds is 6. The fourth-order valence-corrected chi connectivity index (χ4v) is 0.729. The van der Waals surface area contributed by atoms with Crippen molar-refractivity contribution in [2.24, 2.45) is 0 Å². The van der Waals surface area contributed by atoms with Crippen molar-refractivity contribution in [2.45, 2.75) is 12.4 Å². The first-order valence-electron chi connectivity index (χ1n) is 4.04. The van der Waals surface area contributed by atoms with Gasteiger partial charge in [0, 0.05) is 7.11 Å². The molecule has 0 aliphatic rings. The van der Waals surface area contributed by atoms with Crippen LogP contribution in [-0.4, -0.2) is 57.4 Å². The first-order chi connectivity index (χ1) is 7.06. The molecule has 0 saturated carbocycles. The normalized spacial score (nSPS) is 14.1. The summed E-state index contributed by atoms with van der Waals surface area (Å²) >= 11 is 0.